The second-order valence-corrected chi connectivity index (χ2v) is 8.80. The number of rotatable bonds is 8. The summed E-state index contributed by atoms with van der Waals surface area (Å²) >= 11 is 0. The van der Waals surface area contributed by atoms with Crippen LogP contribution in [-0.2, 0) is 4.74 Å². The molecule has 2 aromatic carbocycles. The molecule has 0 bridgehead atoms. The van der Waals surface area contributed by atoms with Crippen LogP contribution in [0.4, 0.5) is 0 Å². The summed E-state index contributed by atoms with van der Waals surface area (Å²) in [4.78, 5) is 31.3. The zero-order valence-electron chi connectivity index (χ0n) is 19.5. The number of hydrogen-bond acceptors (Lipinski definition) is 6. The maximum absolute atomic E-state index is 13.6. The van der Waals surface area contributed by atoms with E-state index < -0.39 is 6.04 Å². The van der Waals surface area contributed by atoms with Gasteiger partial charge in [-0.05, 0) is 42.7 Å². The lowest BCUT2D eigenvalue weighted by molar-refractivity contribution is 0.0353. The minimum atomic E-state index is -0.502. The lowest BCUT2D eigenvalue weighted by Gasteiger charge is -2.29. The first-order valence-corrected chi connectivity index (χ1v) is 12.1. The number of carbonyl (C=O) groups excluding carboxylic acids is 1. The number of nitrogens with zero attached hydrogens (tertiary/aromatic N) is 2. The fraction of sp³-hybridized carbons (Fsp3) is 0.407. The molecule has 2 aliphatic rings. The van der Waals surface area contributed by atoms with E-state index >= 15 is 0 Å². The first-order valence-electron chi connectivity index (χ1n) is 12.1. The Hall–Kier alpha value is -3.16. The lowest BCUT2D eigenvalue weighted by Crippen LogP contribution is -2.38. The Kier molecular flexibility index (Phi) is 6.65. The molecular formula is C27H30N2O5. The number of fused-ring (bicyclic) bond motifs is 2. The summed E-state index contributed by atoms with van der Waals surface area (Å²) in [5.74, 6) is 0.656. The highest BCUT2D eigenvalue weighted by Gasteiger charge is 2.42. The van der Waals surface area contributed by atoms with Gasteiger partial charge in [0.15, 0.2) is 5.43 Å². The molecule has 0 N–H and O–H groups in total. The third-order valence-electron chi connectivity index (χ3n) is 6.50. The summed E-state index contributed by atoms with van der Waals surface area (Å²) < 4.78 is 17.3. The van der Waals surface area contributed by atoms with Crippen LogP contribution in [0.15, 0.2) is 57.7 Å². The number of benzene rings is 2. The molecule has 1 saturated heterocycles. The molecule has 178 valence electrons. The van der Waals surface area contributed by atoms with Crippen molar-refractivity contribution in [3.05, 3.63) is 75.6 Å². The molecule has 0 radical (unpaired) electrons. The van der Waals surface area contributed by atoms with E-state index in [-0.39, 0.29) is 17.1 Å². The summed E-state index contributed by atoms with van der Waals surface area (Å²) in [6.45, 7) is 7.36. The van der Waals surface area contributed by atoms with E-state index in [4.69, 9.17) is 13.9 Å². The average Bonchev–Trinajstić information content (AvgIpc) is 3.15. The Morgan fingerprint density at radius 2 is 1.85 bits per heavy atom. The molecule has 5 rings (SSSR count). The van der Waals surface area contributed by atoms with E-state index in [1.807, 2.05) is 36.4 Å². The molecule has 3 heterocycles. The fourth-order valence-electron chi connectivity index (χ4n) is 4.83. The second kappa shape index (κ2) is 9.99. The van der Waals surface area contributed by atoms with Gasteiger partial charge in [-0.2, -0.15) is 0 Å². The van der Waals surface area contributed by atoms with Gasteiger partial charge in [0.1, 0.15) is 11.3 Å². The number of ether oxygens (including phenoxy) is 2. The molecule has 1 atom stereocenters. The van der Waals surface area contributed by atoms with Gasteiger partial charge < -0.3 is 18.8 Å². The molecule has 34 heavy (non-hydrogen) atoms. The van der Waals surface area contributed by atoms with E-state index in [2.05, 4.69) is 11.8 Å². The maximum atomic E-state index is 13.6. The molecule has 3 aromatic rings. The van der Waals surface area contributed by atoms with Crippen LogP contribution in [0, 0.1) is 0 Å². The van der Waals surface area contributed by atoms with Gasteiger partial charge in [0.25, 0.3) is 5.91 Å². The first-order chi connectivity index (χ1) is 16.7. The number of carbonyl (C=O) groups is 1. The van der Waals surface area contributed by atoms with E-state index in [0.29, 0.717) is 29.7 Å². The Morgan fingerprint density at radius 1 is 1.03 bits per heavy atom. The smallest absolute Gasteiger partial charge is 0.290 e. The average molecular weight is 463 g/mol. The highest BCUT2D eigenvalue weighted by molar-refractivity contribution is 5.99. The van der Waals surface area contributed by atoms with Crippen LogP contribution in [-0.4, -0.2) is 61.7 Å². The molecule has 7 heteroatoms. The molecule has 2 aliphatic heterocycles. The van der Waals surface area contributed by atoms with Crippen LogP contribution in [0.3, 0.4) is 0 Å². The highest BCUT2D eigenvalue weighted by Crippen LogP contribution is 2.39. The zero-order valence-corrected chi connectivity index (χ0v) is 19.5. The van der Waals surface area contributed by atoms with Gasteiger partial charge in [0.05, 0.1) is 36.8 Å². The van der Waals surface area contributed by atoms with Gasteiger partial charge >= 0.3 is 0 Å². The third kappa shape index (κ3) is 4.33. The molecule has 1 amide bonds. The summed E-state index contributed by atoms with van der Waals surface area (Å²) in [6, 6.07) is 14.3. The topological polar surface area (TPSA) is 72.2 Å². The Morgan fingerprint density at radius 3 is 2.68 bits per heavy atom. The summed E-state index contributed by atoms with van der Waals surface area (Å²) in [5.41, 5.74) is 1.57. The van der Waals surface area contributed by atoms with Crippen LogP contribution in [0.25, 0.3) is 11.0 Å². The van der Waals surface area contributed by atoms with Gasteiger partial charge in [0, 0.05) is 26.2 Å². The molecule has 0 saturated carbocycles. The Labute approximate surface area is 198 Å². The molecular weight excluding hydrogens is 432 g/mol. The van der Waals surface area contributed by atoms with Crippen molar-refractivity contribution >= 4 is 16.9 Å². The van der Waals surface area contributed by atoms with Crippen molar-refractivity contribution in [1.82, 2.24) is 9.80 Å². The number of para-hydroxylation sites is 1. The van der Waals surface area contributed by atoms with Crippen LogP contribution < -0.4 is 10.2 Å². The Balaban J connectivity index is 1.51. The van der Waals surface area contributed by atoms with E-state index in [9.17, 15) is 9.59 Å². The predicted octanol–water partition coefficient (Wildman–Crippen LogP) is 3.85. The van der Waals surface area contributed by atoms with Crippen molar-refractivity contribution < 1.29 is 18.7 Å². The molecule has 0 unspecified atom stereocenters. The quantitative estimate of drug-likeness (QED) is 0.506. The van der Waals surface area contributed by atoms with Gasteiger partial charge in [-0.1, -0.05) is 31.2 Å². The van der Waals surface area contributed by atoms with Crippen LogP contribution in [0.2, 0.25) is 0 Å². The normalized spacial score (nSPS) is 18.4. The molecule has 1 fully saturated rings. The Bertz CT molecular complexity index is 1230. The van der Waals surface area contributed by atoms with Crippen molar-refractivity contribution in [2.24, 2.45) is 0 Å². The standard InChI is InChI=1S/C27H30N2O5/c1-2-15-33-20-8-5-7-19(18-20)24-23-25(30)21-9-3-4-10-22(21)34-26(23)27(31)29(24)12-6-11-28-13-16-32-17-14-28/h3-5,7-10,18,24H,2,6,11-17H2,1H3/t24-/m1/s1. The molecule has 0 spiro atoms. The second-order valence-electron chi connectivity index (χ2n) is 8.80. The van der Waals surface area contributed by atoms with Gasteiger partial charge in [-0.15, -0.1) is 0 Å². The van der Waals surface area contributed by atoms with Crippen molar-refractivity contribution in [3.63, 3.8) is 0 Å². The van der Waals surface area contributed by atoms with Crippen molar-refractivity contribution in [1.29, 1.82) is 0 Å². The number of amides is 1. The SMILES string of the molecule is CCCOc1cccc([C@@H]2c3c(oc4ccccc4c3=O)C(=O)N2CCCN2CCOCC2)c1. The van der Waals surface area contributed by atoms with E-state index in [0.717, 1.165) is 57.0 Å². The van der Waals surface area contributed by atoms with Gasteiger partial charge in [-0.3, -0.25) is 14.5 Å². The summed E-state index contributed by atoms with van der Waals surface area (Å²) in [6.07, 6.45) is 1.70. The van der Waals surface area contributed by atoms with Gasteiger partial charge in [0.2, 0.25) is 5.76 Å². The summed E-state index contributed by atoms with van der Waals surface area (Å²) in [5, 5.41) is 0.493. The molecule has 1 aromatic heterocycles. The number of hydrogen-bond donors (Lipinski definition) is 0. The fourth-order valence-corrected chi connectivity index (χ4v) is 4.83. The van der Waals surface area contributed by atoms with Crippen LogP contribution in [0.1, 0.15) is 47.5 Å². The zero-order chi connectivity index (χ0) is 23.5. The van der Waals surface area contributed by atoms with E-state index in [1.165, 1.54) is 0 Å². The molecule has 0 aliphatic carbocycles. The predicted molar refractivity (Wildman–Crippen MR) is 129 cm³/mol. The maximum Gasteiger partial charge on any atom is 0.290 e. The third-order valence-corrected chi connectivity index (χ3v) is 6.50. The van der Waals surface area contributed by atoms with Crippen molar-refractivity contribution in [2.45, 2.75) is 25.8 Å². The lowest BCUT2D eigenvalue weighted by atomic mass is 9.98. The first kappa shape index (κ1) is 22.6. The van der Waals surface area contributed by atoms with Crippen LogP contribution in [0.5, 0.6) is 5.75 Å². The van der Waals surface area contributed by atoms with Crippen molar-refractivity contribution in [3.8, 4) is 5.75 Å². The monoisotopic (exact) mass is 462 g/mol. The molecule has 7 nitrogen and oxygen atoms in total. The largest absolute Gasteiger partial charge is 0.494 e. The highest BCUT2D eigenvalue weighted by atomic mass is 16.5. The number of morpholine rings is 1. The van der Waals surface area contributed by atoms with E-state index in [1.54, 1.807) is 17.0 Å². The summed E-state index contributed by atoms with van der Waals surface area (Å²) in [7, 11) is 0. The minimum absolute atomic E-state index is 0.147. The van der Waals surface area contributed by atoms with Gasteiger partial charge in [-0.25, -0.2) is 0 Å². The van der Waals surface area contributed by atoms with Crippen LogP contribution >= 0.6 is 0 Å². The van der Waals surface area contributed by atoms with Crippen molar-refractivity contribution in [2.75, 3.05) is 46.0 Å². The minimum Gasteiger partial charge on any atom is -0.494 e.